The molecule has 0 aliphatic carbocycles. The van der Waals surface area contributed by atoms with Crippen molar-refractivity contribution < 1.29 is 14.1 Å². The van der Waals surface area contributed by atoms with Gasteiger partial charge in [0.05, 0.1) is 0 Å². The standard InChI is InChI=1S/C13H21NO3S/c1-11(10-18(2)16)14-8-12(15)9-17-13-6-4-3-5-7-13/h3-7,11-12,14-15H,8-10H2,1-2H3. The summed E-state index contributed by atoms with van der Waals surface area (Å²) in [6.45, 7) is 2.64. The summed E-state index contributed by atoms with van der Waals surface area (Å²) in [6.07, 6.45) is 1.10. The molecular formula is C13H21NO3S. The van der Waals surface area contributed by atoms with Gasteiger partial charge in [0.15, 0.2) is 0 Å². The zero-order valence-electron chi connectivity index (χ0n) is 10.8. The highest BCUT2D eigenvalue weighted by atomic mass is 32.2. The Morgan fingerprint density at radius 1 is 1.39 bits per heavy atom. The monoisotopic (exact) mass is 271 g/mol. The Hall–Kier alpha value is -0.910. The summed E-state index contributed by atoms with van der Waals surface area (Å²) < 4.78 is 16.4. The molecule has 3 unspecified atom stereocenters. The van der Waals surface area contributed by atoms with Crippen LogP contribution in [0.4, 0.5) is 0 Å². The van der Waals surface area contributed by atoms with E-state index in [1.807, 2.05) is 37.3 Å². The second-order valence-electron chi connectivity index (χ2n) is 4.33. The first kappa shape index (κ1) is 15.1. The smallest absolute Gasteiger partial charge is 0.119 e. The summed E-state index contributed by atoms with van der Waals surface area (Å²) in [6, 6.07) is 9.52. The Morgan fingerprint density at radius 2 is 2.06 bits per heavy atom. The van der Waals surface area contributed by atoms with Crippen molar-refractivity contribution in [1.29, 1.82) is 0 Å². The Bertz CT molecular complexity index is 359. The van der Waals surface area contributed by atoms with Crippen LogP contribution in [0.15, 0.2) is 30.3 Å². The van der Waals surface area contributed by atoms with Crippen LogP contribution in [0.5, 0.6) is 5.75 Å². The van der Waals surface area contributed by atoms with Crippen molar-refractivity contribution in [2.45, 2.75) is 19.1 Å². The summed E-state index contributed by atoms with van der Waals surface area (Å²) in [5, 5.41) is 12.9. The molecule has 0 radical (unpaired) electrons. The molecule has 0 bridgehead atoms. The number of aliphatic hydroxyl groups is 1. The maximum atomic E-state index is 11.0. The zero-order valence-corrected chi connectivity index (χ0v) is 11.7. The minimum atomic E-state index is -0.819. The van der Waals surface area contributed by atoms with Gasteiger partial charge in [0.25, 0.3) is 0 Å². The number of hydrogen-bond acceptors (Lipinski definition) is 4. The molecule has 1 aromatic rings. The van der Waals surface area contributed by atoms with Crippen LogP contribution in [-0.4, -0.2) is 46.6 Å². The predicted octanol–water partition coefficient (Wildman–Crippen LogP) is 0.783. The molecule has 2 N–H and O–H groups in total. The quantitative estimate of drug-likeness (QED) is 0.734. The van der Waals surface area contributed by atoms with Crippen LogP contribution in [0.25, 0.3) is 0 Å². The molecular weight excluding hydrogens is 250 g/mol. The lowest BCUT2D eigenvalue weighted by molar-refractivity contribution is 0.105. The zero-order chi connectivity index (χ0) is 13.4. The van der Waals surface area contributed by atoms with Crippen molar-refractivity contribution in [2.75, 3.05) is 25.2 Å². The van der Waals surface area contributed by atoms with E-state index in [1.165, 1.54) is 0 Å². The lowest BCUT2D eigenvalue weighted by Crippen LogP contribution is -2.39. The van der Waals surface area contributed by atoms with Gasteiger partial charge >= 0.3 is 0 Å². The molecule has 5 heteroatoms. The number of para-hydroxylation sites is 1. The van der Waals surface area contributed by atoms with Crippen molar-refractivity contribution in [3.8, 4) is 5.75 Å². The number of aliphatic hydroxyl groups excluding tert-OH is 1. The number of rotatable bonds is 8. The number of nitrogens with one attached hydrogen (secondary N) is 1. The van der Waals surface area contributed by atoms with E-state index in [1.54, 1.807) is 6.26 Å². The second-order valence-corrected chi connectivity index (χ2v) is 5.81. The largest absolute Gasteiger partial charge is 0.491 e. The van der Waals surface area contributed by atoms with E-state index in [9.17, 15) is 9.32 Å². The van der Waals surface area contributed by atoms with E-state index in [0.717, 1.165) is 5.75 Å². The van der Waals surface area contributed by atoms with E-state index < -0.39 is 16.9 Å². The molecule has 0 amide bonds. The summed E-state index contributed by atoms with van der Waals surface area (Å²) in [5.41, 5.74) is 0. The van der Waals surface area contributed by atoms with Gasteiger partial charge < -0.3 is 15.2 Å². The fourth-order valence-electron chi connectivity index (χ4n) is 1.52. The van der Waals surface area contributed by atoms with Crippen LogP contribution in [0, 0.1) is 0 Å². The molecule has 102 valence electrons. The van der Waals surface area contributed by atoms with Crippen molar-refractivity contribution in [2.24, 2.45) is 0 Å². The highest BCUT2D eigenvalue weighted by Crippen LogP contribution is 2.08. The molecule has 0 saturated heterocycles. The molecule has 1 rings (SSSR count). The molecule has 0 heterocycles. The van der Waals surface area contributed by atoms with Gasteiger partial charge in [-0.15, -0.1) is 0 Å². The first-order valence-electron chi connectivity index (χ1n) is 5.97. The first-order chi connectivity index (χ1) is 8.58. The van der Waals surface area contributed by atoms with Gasteiger partial charge in [-0.05, 0) is 19.1 Å². The highest BCUT2D eigenvalue weighted by molar-refractivity contribution is 7.84. The van der Waals surface area contributed by atoms with Gasteiger partial charge in [-0.25, -0.2) is 0 Å². The third-order valence-corrected chi connectivity index (χ3v) is 3.34. The van der Waals surface area contributed by atoms with Crippen molar-refractivity contribution in [1.82, 2.24) is 5.32 Å². The average Bonchev–Trinajstić information content (AvgIpc) is 2.34. The molecule has 1 aromatic carbocycles. The van der Waals surface area contributed by atoms with Gasteiger partial charge in [0.2, 0.25) is 0 Å². The van der Waals surface area contributed by atoms with E-state index in [0.29, 0.717) is 12.3 Å². The van der Waals surface area contributed by atoms with Crippen molar-refractivity contribution >= 4 is 10.8 Å². The molecule has 3 atom stereocenters. The lowest BCUT2D eigenvalue weighted by Gasteiger charge is -2.16. The lowest BCUT2D eigenvalue weighted by atomic mass is 10.3. The summed E-state index contributed by atoms with van der Waals surface area (Å²) in [7, 11) is -0.819. The van der Waals surface area contributed by atoms with Crippen LogP contribution >= 0.6 is 0 Å². The van der Waals surface area contributed by atoms with Crippen LogP contribution in [-0.2, 0) is 10.8 Å². The van der Waals surface area contributed by atoms with Gasteiger partial charge in [0, 0.05) is 35.4 Å². The molecule has 0 aromatic heterocycles. The Balaban J connectivity index is 2.18. The van der Waals surface area contributed by atoms with E-state index in [-0.39, 0.29) is 12.6 Å². The average molecular weight is 271 g/mol. The normalized spacial score (nSPS) is 15.9. The molecule has 0 saturated carbocycles. The maximum absolute atomic E-state index is 11.0. The van der Waals surface area contributed by atoms with Crippen molar-refractivity contribution in [3.05, 3.63) is 30.3 Å². The minimum Gasteiger partial charge on any atom is -0.491 e. The van der Waals surface area contributed by atoms with Gasteiger partial charge in [0.1, 0.15) is 18.5 Å². The third kappa shape index (κ3) is 6.74. The molecule has 0 spiro atoms. The number of benzene rings is 1. The third-order valence-electron chi connectivity index (χ3n) is 2.37. The summed E-state index contributed by atoms with van der Waals surface area (Å²) >= 11 is 0. The van der Waals surface area contributed by atoms with E-state index in [2.05, 4.69) is 5.32 Å². The molecule has 4 nitrogen and oxygen atoms in total. The van der Waals surface area contributed by atoms with Gasteiger partial charge in [-0.2, -0.15) is 0 Å². The Kier molecular flexibility index (Phi) is 6.93. The van der Waals surface area contributed by atoms with E-state index in [4.69, 9.17) is 4.74 Å². The fourth-order valence-corrected chi connectivity index (χ4v) is 2.34. The topological polar surface area (TPSA) is 58.6 Å². The molecule has 18 heavy (non-hydrogen) atoms. The van der Waals surface area contributed by atoms with Crippen LogP contribution < -0.4 is 10.1 Å². The summed E-state index contributed by atoms with van der Waals surface area (Å²) in [4.78, 5) is 0. The Morgan fingerprint density at radius 3 is 2.67 bits per heavy atom. The summed E-state index contributed by atoms with van der Waals surface area (Å²) in [5.74, 6) is 1.34. The van der Waals surface area contributed by atoms with Crippen LogP contribution in [0.2, 0.25) is 0 Å². The van der Waals surface area contributed by atoms with Gasteiger partial charge in [-0.3, -0.25) is 4.21 Å². The molecule has 0 fully saturated rings. The van der Waals surface area contributed by atoms with E-state index >= 15 is 0 Å². The minimum absolute atomic E-state index is 0.127. The first-order valence-corrected chi connectivity index (χ1v) is 7.70. The van der Waals surface area contributed by atoms with Gasteiger partial charge in [-0.1, -0.05) is 18.2 Å². The van der Waals surface area contributed by atoms with Crippen molar-refractivity contribution in [3.63, 3.8) is 0 Å². The molecule has 0 aliphatic heterocycles. The SMILES string of the molecule is CC(CS(C)=O)NCC(O)COc1ccccc1. The predicted molar refractivity (Wildman–Crippen MR) is 74.3 cm³/mol. The van der Waals surface area contributed by atoms with Crippen LogP contribution in [0.1, 0.15) is 6.92 Å². The molecule has 0 aliphatic rings. The highest BCUT2D eigenvalue weighted by Gasteiger charge is 2.08. The van der Waals surface area contributed by atoms with Crippen LogP contribution in [0.3, 0.4) is 0 Å². The fraction of sp³-hybridized carbons (Fsp3) is 0.538. The maximum Gasteiger partial charge on any atom is 0.119 e. The number of ether oxygens (including phenoxy) is 1. The second kappa shape index (κ2) is 8.24. The number of hydrogen-bond donors (Lipinski definition) is 2. The Labute approximate surface area is 111 Å².